The molecule has 31 heavy (non-hydrogen) atoms. The fourth-order valence-electron chi connectivity index (χ4n) is 3.58. The molecule has 0 unspecified atom stereocenters. The van der Waals surface area contributed by atoms with E-state index in [9.17, 15) is 9.59 Å². The first kappa shape index (κ1) is 22.8. The minimum Gasteiger partial charge on any atom is -0.494 e. The molecule has 2 aromatic rings. The van der Waals surface area contributed by atoms with Gasteiger partial charge in [0.15, 0.2) is 0 Å². The van der Waals surface area contributed by atoms with E-state index in [4.69, 9.17) is 4.74 Å². The third-order valence-corrected chi connectivity index (χ3v) is 5.18. The summed E-state index contributed by atoms with van der Waals surface area (Å²) < 4.78 is 5.49. The van der Waals surface area contributed by atoms with Crippen LogP contribution in [0.25, 0.3) is 0 Å². The largest absolute Gasteiger partial charge is 0.494 e. The summed E-state index contributed by atoms with van der Waals surface area (Å²) in [4.78, 5) is 29.4. The van der Waals surface area contributed by atoms with Crippen molar-refractivity contribution in [3.05, 3.63) is 65.2 Å². The number of nitrogens with one attached hydrogen (secondary N) is 1. The van der Waals surface area contributed by atoms with Crippen molar-refractivity contribution in [3.8, 4) is 5.75 Å². The van der Waals surface area contributed by atoms with Gasteiger partial charge in [-0.2, -0.15) is 0 Å². The average molecular weight is 424 g/mol. The number of benzene rings is 2. The first-order valence-electron chi connectivity index (χ1n) is 10.9. The van der Waals surface area contributed by atoms with E-state index in [1.165, 1.54) is 5.56 Å². The molecule has 6 nitrogen and oxygen atoms in total. The van der Waals surface area contributed by atoms with Gasteiger partial charge in [0.1, 0.15) is 5.75 Å². The second kappa shape index (κ2) is 9.96. The third kappa shape index (κ3) is 6.56. The van der Waals surface area contributed by atoms with Gasteiger partial charge in [0.2, 0.25) is 0 Å². The van der Waals surface area contributed by atoms with Crippen LogP contribution >= 0.6 is 0 Å². The molecular formula is C25H33N3O3. The van der Waals surface area contributed by atoms with Gasteiger partial charge in [0, 0.05) is 49.4 Å². The average Bonchev–Trinajstić information content (AvgIpc) is 2.74. The standard InChI is InChI=1S/C25H33N3O3/c1-5-31-22-12-6-19(7-13-22)18-27-14-16-28(17-15-27)24(30)21-10-8-20(9-11-21)23(29)26-25(2,3)4/h6-13H,5,14-18H2,1-4H3,(H,26,29). The zero-order chi connectivity index (χ0) is 22.4. The lowest BCUT2D eigenvalue weighted by molar-refractivity contribution is 0.0628. The number of ether oxygens (including phenoxy) is 1. The van der Waals surface area contributed by atoms with Crippen LogP contribution < -0.4 is 10.1 Å². The second-order valence-corrected chi connectivity index (χ2v) is 8.93. The monoisotopic (exact) mass is 423 g/mol. The van der Waals surface area contributed by atoms with E-state index in [0.717, 1.165) is 25.4 Å². The van der Waals surface area contributed by atoms with Gasteiger partial charge in [-0.15, -0.1) is 0 Å². The maximum absolute atomic E-state index is 12.9. The molecule has 166 valence electrons. The van der Waals surface area contributed by atoms with Crippen LogP contribution in [-0.4, -0.2) is 59.9 Å². The summed E-state index contributed by atoms with van der Waals surface area (Å²) in [5.74, 6) is 0.779. The zero-order valence-corrected chi connectivity index (χ0v) is 19.0. The molecule has 1 aliphatic rings. The molecule has 1 aliphatic heterocycles. The Morgan fingerprint density at radius 1 is 0.903 bits per heavy atom. The van der Waals surface area contributed by atoms with Crippen molar-refractivity contribution in [2.45, 2.75) is 39.8 Å². The lowest BCUT2D eigenvalue weighted by Crippen LogP contribution is -2.48. The normalized spacial score (nSPS) is 14.9. The molecule has 2 aromatic carbocycles. The van der Waals surface area contributed by atoms with Crippen LogP contribution in [0.4, 0.5) is 0 Å². The Bertz CT molecular complexity index is 878. The van der Waals surface area contributed by atoms with Gasteiger partial charge < -0.3 is 15.0 Å². The summed E-state index contributed by atoms with van der Waals surface area (Å²) in [6, 6.07) is 15.1. The molecule has 3 rings (SSSR count). The van der Waals surface area contributed by atoms with Crippen molar-refractivity contribution in [1.29, 1.82) is 0 Å². The van der Waals surface area contributed by atoms with Crippen LogP contribution in [0.15, 0.2) is 48.5 Å². The third-order valence-electron chi connectivity index (χ3n) is 5.18. The Morgan fingerprint density at radius 3 is 2.03 bits per heavy atom. The van der Waals surface area contributed by atoms with Crippen molar-refractivity contribution < 1.29 is 14.3 Å². The summed E-state index contributed by atoms with van der Waals surface area (Å²) in [6.07, 6.45) is 0. The maximum Gasteiger partial charge on any atom is 0.253 e. The number of piperazine rings is 1. The molecule has 0 atom stereocenters. The van der Waals surface area contributed by atoms with E-state index < -0.39 is 0 Å². The minimum absolute atomic E-state index is 0.0171. The molecule has 0 aliphatic carbocycles. The van der Waals surface area contributed by atoms with E-state index in [0.29, 0.717) is 30.8 Å². The second-order valence-electron chi connectivity index (χ2n) is 8.93. The zero-order valence-electron chi connectivity index (χ0n) is 19.0. The Labute approximate surface area is 185 Å². The van der Waals surface area contributed by atoms with E-state index in [1.54, 1.807) is 24.3 Å². The lowest BCUT2D eigenvalue weighted by atomic mass is 10.1. The van der Waals surface area contributed by atoms with Gasteiger partial charge in [-0.3, -0.25) is 14.5 Å². The molecule has 0 spiro atoms. The highest BCUT2D eigenvalue weighted by Gasteiger charge is 2.23. The lowest BCUT2D eigenvalue weighted by Gasteiger charge is -2.34. The number of hydrogen-bond donors (Lipinski definition) is 1. The van der Waals surface area contributed by atoms with Crippen molar-refractivity contribution in [3.63, 3.8) is 0 Å². The summed E-state index contributed by atoms with van der Waals surface area (Å²) in [6.45, 7) is 12.4. The predicted octanol–water partition coefficient (Wildman–Crippen LogP) is 3.57. The van der Waals surface area contributed by atoms with Crippen LogP contribution in [0.1, 0.15) is 54.0 Å². The number of carbonyl (C=O) groups is 2. The SMILES string of the molecule is CCOc1ccc(CN2CCN(C(=O)c3ccc(C(=O)NC(C)(C)C)cc3)CC2)cc1. The highest BCUT2D eigenvalue weighted by Crippen LogP contribution is 2.16. The highest BCUT2D eigenvalue weighted by molar-refractivity contribution is 5.98. The summed E-state index contributed by atoms with van der Waals surface area (Å²) in [5, 5.41) is 2.93. The molecular weight excluding hydrogens is 390 g/mol. The first-order chi connectivity index (χ1) is 14.7. The quantitative estimate of drug-likeness (QED) is 0.772. The van der Waals surface area contributed by atoms with E-state index in [2.05, 4.69) is 22.3 Å². The van der Waals surface area contributed by atoms with Crippen molar-refractivity contribution in [1.82, 2.24) is 15.1 Å². The highest BCUT2D eigenvalue weighted by atomic mass is 16.5. The van der Waals surface area contributed by atoms with Crippen LogP contribution in [0.5, 0.6) is 5.75 Å². The molecule has 0 saturated carbocycles. The number of hydrogen-bond acceptors (Lipinski definition) is 4. The van der Waals surface area contributed by atoms with Crippen molar-refractivity contribution in [2.75, 3.05) is 32.8 Å². The first-order valence-corrected chi connectivity index (χ1v) is 10.9. The van der Waals surface area contributed by atoms with Gasteiger partial charge >= 0.3 is 0 Å². The van der Waals surface area contributed by atoms with E-state index >= 15 is 0 Å². The predicted molar refractivity (Wildman–Crippen MR) is 122 cm³/mol. The smallest absolute Gasteiger partial charge is 0.253 e. The molecule has 0 aromatic heterocycles. The Hall–Kier alpha value is -2.86. The van der Waals surface area contributed by atoms with Crippen LogP contribution in [0.3, 0.4) is 0 Å². The maximum atomic E-state index is 12.9. The summed E-state index contributed by atoms with van der Waals surface area (Å²) >= 11 is 0. The molecule has 6 heteroatoms. The van der Waals surface area contributed by atoms with Gasteiger partial charge in [0.25, 0.3) is 11.8 Å². The Kier molecular flexibility index (Phi) is 7.33. The fraction of sp³-hybridized carbons (Fsp3) is 0.440. The molecule has 0 radical (unpaired) electrons. The van der Waals surface area contributed by atoms with Crippen LogP contribution in [0, 0.1) is 0 Å². The Morgan fingerprint density at radius 2 is 1.48 bits per heavy atom. The number of rotatable bonds is 6. The van der Waals surface area contributed by atoms with Crippen LogP contribution in [-0.2, 0) is 6.54 Å². The van der Waals surface area contributed by atoms with E-state index in [1.807, 2.05) is 44.7 Å². The van der Waals surface area contributed by atoms with Gasteiger partial charge in [-0.25, -0.2) is 0 Å². The summed E-state index contributed by atoms with van der Waals surface area (Å²) in [7, 11) is 0. The molecule has 1 N–H and O–H groups in total. The minimum atomic E-state index is -0.295. The molecule has 0 bridgehead atoms. The summed E-state index contributed by atoms with van der Waals surface area (Å²) in [5.41, 5.74) is 2.13. The van der Waals surface area contributed by atoms with Crippen LogP contribution in [0.2, 0.25) is 0 Å². The molecule has 1 saturated heterocycles. The fourth-order valence-corrected chi connectivity index (χ4v) is 3.58. The van der Waals surface area contributed by atoms with Gasteiger partial charge in [-0.05, 0) is 69.7 Å². The Balaban J connectivity index is 1.51. The van der Waals surface area contributed by atoms with Crippen molar-refractivity contribution in [2.24, 2.45) is 0 Å². The number of nitrogens with zero attached hydrogens (tertiary/aromatic N) is 2. The van der Waals surface area contributed by atoms with Gasteiger partial charge in [0.05, 0.1) is 6.61 Å². The number of carbonyl (C=O) groups excluding carboxylic acids is 2. The number of amides is 2. The van der Waals surface area contributed by atoms with Crippen molar-refractivity contribution >= 4 is 11.8 Å². The van der Waals surface area contributed by atoms with E-state index in [-0.39, 0.29) is 17.4 Å². The topological polar surface area (TPSA) is 61.9 Å². The van der Waals surface area contributed by atoms with Gasteiger partial charge in [-0.1, -0.05) is 12.1 Å². The molecule has 1 fully saturated rings. The molecule has 2 amide bonds. The molecule has 1 heterocycles.